The maximum atomic E-state index is 12.7. The van der Waals surface area contributed by atoms with E-state index in [0.29, 0.717) is 24.1 Å². The molecule has 3 atom stereocenters. The van der Waals surface area contributed by atoms with Crippen molar-refractivity contribution in [2.75, 3.05) is 51.1 Å². The zero-order valence-electron chi connectivity index (χ0n) is 18.6. The van der Waals surface area contributed by atoms with Crippen molar-refractivity contribution >= 4 is 23.2 Å². The number of benzene rings is 1. The number of hydrogen-bond acceptors (Lipinski definition) is 6. The van der Waals surface area contributed by atoms with Crippen molar-refractivity contribution in [3.05, 3.63) is 34.4 Å². The molecule has 2 aliphatic heterocycles. The molecule has 3 rings (SSSR count). The van der Waals surface area contributed by atoms with E-state index in [4.69, 9.17) is 0 Å². The summed E-state index contributed by atoms with van der Waals surface area (Å²) in [5.74, 6) is 1.17. The van der Waals surface area contributed by atoms with Crippen LogP contribution in [0.4, 0.5) is 11.4 Å². The number of nitro groups is 1. The maximum absolute atomic E-state index is 12.7. The molecule has 170 valence electrons. The Balaban J connectivity index is 1.44. The Labute approximate surface area is 183 Å². The fourth-order valence-corrected chi connectivity index (χ4v) is 4.55. The lowest BCUT2D eigenvalue weighted by molar-refractivity contribution is -0.384. The summed E-state index contributed by atoms with van der Waals surface area (Å²) in [5.41, 5.74) is 0.529. The van der Waals surface area contributed by atoms with Crippen LogP contribution in [0.15, 0.2) is 24.3 Å². The molecule has 9 nitrogen and oxygen atoms in total. The quantitative estimate of drug-likeness (QED) is 0.547. The molecule has 0 saturated carbocycles. The molecular weight excluding hydrogens is 398 g/mol. The molecule has 2 saturated heterocycles. The van der Waals surface area contributed by atoms with Crippen molar-refractivity contribution in [2.45, 2.75) is 33.2 Å². The lowest BCUT2D eigenvalue weighted by Crippen LogP contribution is -2.55. The highest BCUT2D eigenvalue weighted by atomic mass is 16.6. The third-order valence-corrected chi connectivity index (χ3v) is 6.26. The van der Waals surface area contributed by atoms with Crippen molar-refractivity contribution in [3.63, 3.8) is 0 Å². The van der Waals surface area contributed by atoms with Gasteiger partial charge in [0, 0.05) is 57.1 Å². The second kappa shape index (κ2) is 10.2. The minimum atomic E-state index is -0.467. The Morgan fingerprint density at radius 2 is 1.68 bits per heavy atom. The monoisotopic (exact) mass is 431 g/mol. The normalized spacial score (nSPS) is 23.9. The molecule has 1 N–H and O–H groups in total. The molecule has 1 aromatic carbocycles. The summed E-state index contributed by atoms with van der Waals surface area (Å²) in [7, 11) is 0. The van der Waals surface area contributed by atoms with E-state index < -0.39 is 4.92 Å². The van der Waals surface area contributed by atoms with Crippen LogP contribution in [0, 0.1) is 22.0 Å². The maximum Gasteiger partial charge on any atom is 0.269 e. The van der Waals surface area contributed by atoms with Gasteiger partial charge in [0.15, 0.2) is 0 Å². The number of anilines is 1. The first-order chi connectivity index (χ1) is 14.7. The number of hydrogen-bond donors (Lipinski definition) is 1. The van der Waals surface area contributed by atoms with Gasteiger partial charge in [0.25, 0.3) is 5.69 Å². The molecule has 0 aliphatic carbocycles. The van der Waals surface area contributed by atoms with E-state index in [9.17, 15) is 19.7 Å². The highest BCUT2D eigenvalue weighted by Gasteiger charge is 2.29. The van der Waals surface area contributed by atoms with Crippen molar-refractivity contribution in [1.29, 1.82) is 0 Å². The van der Waals surface area contributed by atoms with Gasteiger partial charge < -0.3 is 10.2 Å². The Bertz CT molecular complexity index is 782. The summed E-state index contributed by atoms with van der Waals surface area (Å²) in [6, 6.07) is 5.50. The van der Waals surface area contributed by atoms with Crippen LogP contribution in [0.25, 0.3) is 0 Å². The van der Waals surface area contributed by atoms with E-state index in [1.165, 1.54) is 30.7 Å². The van der Waals surface area contributed by atoms with Gasteiger partial charge in [0.1, 0.15) is 0 Å². The third-order valence-electron chi connectivity index (χ3n) is 6.26. The van der Waals surface area contributed by atoms with Crippen LogP contribution in [0.1, 0.15) is 27.2 Å². The number of nitrogens with zero attached hydrogens (tertiary/aromatic N) is 4. The zero-order chi connectivity index (χ0) is 22.5. The molecule has 2 heterocycles. The molecule has 3 unspecified atom stereocenters. The smallest absolute Gasteiger partial charge is 0.269 e. The summed E-state index contributed by atoms with van der Waals surface area (Å²) in [6.45, 7) is 11.3. The van der Waals surface area contributed by atoms with E-state index in [0.717, 1.165) is 39.3 Å². The van der Waals surface area contributed by atoms with Gasteiger partial charge in [0.2, 0.25) is 11.8 Å². The predicted molar refractivity (Wildman–Crippen MR) is 119 cm³/mol. The minimum Gasteiger partial charge on any atom is -0.341 e. The van der Waals surface area contributed by atoms with Gasteiger partial charge in [-0.3, -0.25) is 29.5 Å². The largest absolute Gasteiger partial charge is 0.341 e. The van der Waals surface area contributed by atoms with Gasteiger partial charge in [-0.15, -0.1) is 0 Å². The van der Waals surface area contributed by atoms with Crippen molar-refractivity contribution in [2.24, 2.45) is 11.8 Å². The van der Waals surface area contributed by atoms with Gasteiger partial charge in [-0.1, -0.05) is 13.8 Å². The van der Waals surface area contributed by atoms with E-state index in [2.05, 4.69) is 29.0 Å². The summed E-state index contributed by atoms with van der Waals surface area (Å²) in [6.07, 6.45) is 1.18. The first-order valence-electron chi connectivity index (χ1n) is 11.0. The van der Waals surface area contributed by atoms with Gasteiger partial charge in [-0.2, -0.15) is 0 Å². The van der Waals surface area contributed by atoms with E-state index in [-0.39, 0.29) is 23.5 Å². The second-order valence-corrected chi connectivity index (χ2v) is 9.03. The van der Waals surface area contributed by atoms with Gasteiger partial charge in [-0.05, 0) is 37.3 Å². The first-order valence-corrected chi connectivity index (χ1v) is 11.0. The standard InChI is InChI=1S/C22H33N5O4/c1-16-12-17(2)14-26(13-16)21(28)15-24-8-10-25(11-9-24)18(3)22(29)23-19-4-6-20(7-5-19)27(30)31/h4-7,16-18H,8-15H2,1-3H3,(H,23,29). The van der Waals surface area contributed by atoms with Crippen molar-refractivity contribution in [3.8, 4) is 0 Å². The highest BCUT2D eigenvalue weighted by Crippen LogP contribution is 2.21. The fourth-order valence-electron chi connectivity index (χ4n) is 4.55. The van der Waals surface area contributed by atoms with Crippen LogP contribution in [0.3, 0.4) is 0 Å². The molecule has 31 heavy (non-hydrogen) atoms. The minimum absolute atomic E-state index is 0.00909. The van der Waals surface area contributed by atoms with Crippen molar-refractivity contribution < 1.29 is 14.5 Å². The number of amides is 2. The van der Waals surface area contributed by atoms with Gasteiger partial charge in [0.05, 0.1) is 17.5 Å². The molecule has 2 fully saturated rings. The van der Waals surface area contributed by atoms with Crippen LogP contribution in [-0.2, 0) is 9.59 Å². The number of piperazine rings is 1. The summed E-state index contributed by atoms with van der Waals surface area (Å²) < 4.78 is 0. The molecule has 0 radical (unpaired) electrons. The summed E-state index contributed by atoms with van der Waals surface area (Å²) in [5, 5.41) is 13.6. The van der Waals surface area contributed by atoms with Crippen LogP contribution in [0.5, 0.6) is 0 Å². The third kappa shape index (κ3) is 6.24. The molecule has 0 bridgehead atoms. The number of carbonyl (C=O) groups excluding carboxylic acids is 2. The topological polar surface area (TPSA) is 99.0 Å². The number of piperidine rings is 1. The predicted octanol–water partition coefficient (Wildman–Crippen LogP) is 2.04. The lowest BCUT2D eigenvalue weighted by Gasteiger charge is -2.39. The number of non-ortho nitro benzene ring substituents is 1. The Kier molecular flexibility index (Phi) is 7.61. The number of nitrogens with one attached hydrogen (secondary N) is 1. The number of nitro benzene ring substituents is 1. The number of likely N-dealkylation sites (tertiary alicyclic amines) is 1. The molecule has 0 spiro atoms. The number of rotatable bonds is 6. The molecule has 2 aliphatic rings. The molecule has 1 aromatic rings. The van der Waals surface area contributed by atoms with E-state index >= 15 is 0 Å². The first kappa shape index (κ1) is 23.1. The van der Waals surface area contributed by atoms with Crippen molar-refractivity contribution in [1.82, 2.24) is 14.7 Å². The summed E-state index contributed by atoms with van der Waals surface area (Å²) >= 11 is 0. The molecule has 0 aromatic heterocycles. The lowest BCUT2D eigenvalue weighted by atomic mass is 9.92. The highest BCUT2D eigenvalue weighted by molar-refractivity contribution is 5.94. The molecular formula is C22H33N5O4. The van der Waals surface area contributed by atoms with Gasteiger partial charge in [-0.25, -0.2) is 0 Å². The van der Waals surface area contributed by atoms with Crippen LogP contribution < -0.4 is 5.32 Å². The Morgan fingerprint density at radius 3 is 2.23 bits per heavy atom. The fraction of sp³-hybridized carbons (Fsp3) is 0.636. The Morgan fingerprint density at radius 1 is 1.10 bits per heavy atom. The number of carbonyl (C=O) groups is 2. The Hall–Kier alpha value is -2.52. The van der Waals surface area contributed by atoms with Gasteiger partial charge >= 0.3 is 0 Å². The molecule has 9 heteroatoms. The average Bonchev–Trinajstić information content (AvgIpc) is 2.73. The molecule has 2 amide bonds. The van der Waals surface area contributed by atoms with E-state index in [1.807, 2.05) is 11.8 Å². The average molecular weight is 432 g/mol. The van der Waals surface area contributed by atoms with E-state index in [1.54, 1.807) is 0 Å². The van der Waals surface area contributed by atoms with Crippen LogP contribution >= 0.6 is 0 Å². The summed E-state index contributed by atoms with van der Waals surface area (Å²) in [4.78, 5) is 41.9. The SMILES string of the molecule is CC1CC(C)CN(C(=O)CN2CCN(C(C)C(=O)Nc3ccc([N+](=O)[O-])cc3)CC2)C1. The zero-order valence-corrected chi connectivity index (χ0v) is 18.6. The van der Waals surface area contributed by atoms with Crippen LogP contribution in [-0.4, -0.2) is 83.3 Å². The van der Waals surface area contributed by atoms with Crippen LogP contribution in [0.2, 0.25) is 0 Å². The second-order valence-electron chi connectivity index (χ2n) is 9.03.